The van der Waals surface area contributed by atoms with Crippen molar-refractivity contribution in [3.63, 3.8) is 0 Å². The second kappa shape index (κ2) is 3.18. The molecule has 0 radical (unpaired) electrons. The van der Waals surface area contributed by atoms with E-state index in [1.165, 1.54) is 17.1 Å². The van der Waals surface area contributed by atoms with E-state index in [1.807, 2.05) is 0 Å². The zero-order valence-corrected chi connectivity index (χ0v) is 7.56. The van der Waals surface area contributed by atoms with E-state index in [0.29, 0.717) is 0 Å². The summed E-state index contributed by atoms with van der Waals surface area (Å²) in [5.74, 6) is -1.01. The summed E-state index contributed by atoms with van der Waals surface area (Å²) < 4.78 is 1.41. The molecule has 0 saturated heterocycles. The molecule has 1 heterocycles. The summed E-state index contributed by atoms with van der Waals surface area (Å²) in [6.45, 7) is 3.55. The van der Waals surface area contributed by atoms with Crippen molar-refractivity contribution in [2.24, 2.45) is 0 Å². The first-order chi connectivity index (χ1) is 5.88. The highest BCUT2D eigenvalue weighted by atomic mass is 16.4. The van der Waals surface area contributed by atoms with E-state index in [1.54, 1.807) is 13.8 Å². The van der Waals surface area contributed by atoms with Gasteiger partial charge in [0.1, 0.15) is 0 Å². The normalized spacial score (nSPS) is 11.6. The van der Waals surface area contributed by atoms with Gasteiger partial charge in [-0.1, -0.05) is 0 Å². The number of nitrogens with zero attached hydrogens (tertiary/aromatic N) is 2. The smallest absolute Gasteiger partial charge is 0.338 e. The second-order valence-corrected chi connectivity index (χ2v) is 3.54. The van der Waals surface area contributed by atoms with E-state index in [2.05, 4.69) is 5.10 Å². The van der Waals surface area contributed by atoms with Crippen molar-refractivity contribution in [3.05, 3.63) is 18.0 Å². The average Bonchev–Trinajstić information content (AvgIpc) is 2.31. The van der Waals surface area contributed by atoms with Crippen LogP contribution in [0.1, 0.15) is 24.2 Å². The van der Waals surface area contributed by atoms with Crippen molar-refractivity contribution in [1.29, 1.82) is 0 Å². The van der Waals surface area contributed by atoms with Gasteiger partial charge in [0.15, 0.2) is 0 Å². The van der Waals surface area contributed by atoms with Crippen LogP contribution >= 0.6 is 0 Å². The Morgan fingerprint density at radius 1 is 1.69 bits per heavy atom. The zero-order valence-electron chi connectivity index (χ0n) is 7.56. The molecule has 0 aromatic carbocycles. The molecule has 0 aliphatic heterocycles. The van der Waals surface area contributed by atoms with E-state index >= 15 is 0 Å². The Morgan fingerprint density at radius 2 is 2.31 bits per heavy atom. The van der Waals surface area contributed by atoms with E-state index in [9.17, 15) is 9.90 Å². The maximum Gasteiger partial charge on any atom is 0.338 e. The van der Waals surface area contributed by atoms with Gasteiger partial charge in [-0.3, -0.25) is 4.68 Å². The fourth-order valence-electron chi connectivity index (χ4n) is 0.957. The molecule has 13 heavy (non-hydrogen) atoms. The molecule has 0 unspecified atom stereocenters. The van der Waals surface area contributed by atoms with Crippen LogP contribution in [0.2, 0.25) is 0 Å². The molecule has 72 valence electrons. The number of aromatic nitrogens is 2. The van der Waals surface area contributed by atoms with Gasteiger partial charge in [0.05, 0.1) is 23.9 Å². The molecular weight excluding hydrogens is 172 g/mol. The molecule has 1 rings (SSSR count). The predicted molar refractivity (Wildman–Crippen MR) is 45.5 cm³/mol. The third-order valence-electron chi connectivity index (χ3n) is 1.43. The zero-order chi connectivity index (χ0) is 10.1. The van der Waals surface area contributed by atoms with Crippen LogP contribution in [0, 0.1) is 0 Å². The van der Waals surface area contributed by atoms with Crippen LogP contribution in [0.15, 0.2) is 12.4 Å². The summed E-state index contributed by atoms with van der Waals surface area (Å²) in [4.78, 5) is 10.5. The van der Waals surface area contributed by atoms with Gasteiger partial charge in [0.25, 0.3) is 0 Å². The van der Waals surface area contributed by atoms with Gasteiger partial charge in [0.2, 0.25) is 0 Å². The minimum absolute atomic E-state index is 0.129. The lowest BCUT2D eigenvalue weighted by molar-refractivity contribution is 0.0573. The fourth-order valence-corrected chi connectivity index (χ4v) is 0.957. The molecule has 1 aromatic heterocycles. The van der Waals surface area contributed by atoms with Crippen LogP contribution in [0.5, 0.6) is 0 Å². The Bertz CT molecular complexity index is 311. The van der Waals surface area contributed by atoms with Crippen molar-refractivity contribution < 1.29 is 15.0 Å². The van der Waals surface area contributed by atoms with Crippen LogP contribution in [-0.2, 0) is 6.54 Å². The van der Waals surface area contributed by atoms with Crippen LogP contribution in [-0.4, -0.2) is 31.6 Å². The van der Waals surface area contributed by atoms with Crippen LogP contribution in [0.3, 0.4) is 0 Å². The Balaban J connectivity index is 2.75. The highest BCUT2D eigenvalue weighted by Crippen LogP contribution is 2.06. The second-order valence-electron chi connectivity index (χ2n) is 3.54. The van der Waals surface area contributed by atoms with E-state index in [-0.39, 0.29) is 12.1 Å². The number of carboxylic acid groups (broad SMARTS) is 1. The average molecular weight is 184 g/mol. The molecule has 5 heteroatoms. The largest absolute Gasteiger partial charge is 0.478 e. The minimum Gasteiger partial charge on any atom is -0.478 e. The molecule has 5 nitrogen and oxygen atoms in total. The standard InChI is InChI=1S/C8H12N2O3/c1-8(2,13)5-10-4-6(3-9-10)7(11)12/h3-4,13H,5H2,1-2H3,(H,11,12). The minimum atomic E-state index is -1.01. The molecule has 0 bridgehead atoms. The van der Waals surface area contributed by atoms with Gasteiger partial charge in [-0.2, -0.15) is 5.10 Å². The monoisotopic (exact) mass is 184 g/mol. The van der Waals surface area contributed by atoms with Gasteiger partial charge in [-0.05, 0) is 13.8 Å². The molecule has 0 aliphatic rings. The molecule has 0 amide bonds. The number of carboxylic acids is 1. The number of rotatable bonds is 3. The number of hydrogen-bond acceptors (Lipinski definition) is 3. The molecule has 0 spiro atoms. The quantitative estimate of drug-likeness (QED) is 0.710. The summed E-state index contributed by atoms with van der Waals surface area (Å²) in [7, 11) is 0. The third kappa shape index (κ3) is 2.87. The highest BCUT2D eigenvalue weighted by Gasteiger charge is 2.15. The Hall–Kier alpha value is -1.36. The van der Waals surface area contributed by atoms with E-state index in [4.69, 9.17) is 5.11 Å². The van der Waals surface area contributed by atoms with Crippen molar-refractivity contribution in [2.75, 3.05) is 0 Å². The summed E-state index contributed by atoms with van der Waals surface area (Å²) >= 11 is 0. The SMILES string of the molecule is CC(C)(O)Cn1cc(C(=O)O)cn1. The lowest BCUT2D eigenvalue weighted by atomic mass is 10.1. The summed E-state index contributed by atoms with van der Waals surface area (Å²) in [5.41, 5.74) is -0.758. The first-order valence-electron chi connectivity index (χ1n) is 3.86. The number of hydrogen-bond donors (Lipinski definition) is 2. The molecular formula is C8H12N2O3. The molecule has 0 saturated carbocycles. The third-order valence-corrected chi connectivity index (χ3v) is 1.43. The molecule has 1 aromatic rings. The first-order valence-corrected chi connectivity index (χ1v) is 3.86. The maximum atomic E-state index is 10.5. The summed E-state index contributed by atoms with van der Waals surface area (Å²) in [6, 6.07) is 0. The molecule has 0 atom stereocenters. The summed E-state index contributed by atoms with van der Waals surface area (Å²) in [6.07, 6.45) is 2.65. The van der Waals surface area contributed by atoms with Crippen molar-refractivity contribution in [2.45, 2.75) is 26.0 Å². The Labute approximate surface area is 75.6 Å². The highest BCUT2D eigenvalue weighted by molar-refractivity contribution is 5.86. The van der Waals surface area contributed by atoms with Gasteiger partial charge in [0, 0.05) is 6.20 Å². The predicted octanol–water partition coefficient (Wildman–Crippen LogP) is 0.352. The molecule has 0 fully saturated rings. The lowest BCUT2D eigenvalue weighted by Gasteiger charge is -2.16. The van der Waals surface area contributed by atoms with Crippen LogP contribution in [0.4, 0.5) is 0 Å². The van der Waals surface area contributed by atoms with Crippen molar-refractivity contribution in [3.8, 4) is 0 Å². The Kier molecular flexibility index (Phi) is 2.38. The maximum absolute atomic E-state index is 10.5. The van der Waals surface area contributed by atoms with E-state index < -0.39 is 11.6 Å². The van der Waals surface area contributed by atoms with Crippen molar-refractivity contribution in [1.82, 2.24) is 9.78 Å². The summed E-state index contributed by atoms with van der Waals surface area (Å²) in [5, 5.41) is 21.8. The topological polar surface area (TPSA) is 75.4 Å². The lowest BCUT2D eigenvalue weighted by Crippen LogP contribution is -2.26. The van der Waals surface area contributed by atoms with Crippen LogP contribution in [0.25, 0.3) is 0 Å². The van der Waals surface area contributed by atoms with Crippen LogP contribution < -0.4 is 0 Å². The molecule has 2 N–H and O–H groups in total. The molecule has 0 aliphatic carbocycles. The van der Waals surface area contributed by atoms with Gasteiger partial charge in [-0.15, -0.1) is 0 Å². The number of carbonyl (C=O) groups is 1. The first kappa shape index (κ1) is 9.73. The number of aromatic carboxylic acids is 1. The van der Waals surface area contributed by atoms with Gasteiger partial charge in [-0.25, -0.2) is 4.79 Å². The van der Waals surface area contributed by atoms with E-state index in [0.717, 1.165) is 0 Å². The van der Waals surface area contributed by atoms with Crippen molar-refractivity contribution >= 4 is 5.97 Å². The van der Waals surface area contributed by atoms with Gasteiger partial charge >= 0.3 is 5.97 Å². The fraction of sp³-hybridized carbons (Fsp3) is 0.500. The Morgan fingerprint density at radius 3 is 2.69 bits per heavy atom. The number of aliphatic hydroxyl groups is 1. The van der Waals surface area contributed by atoms with Gasteiger partial charge < -0.3 is 10.2 Å².